The van der Waals surface area contributed by atoms with E-state index < -0.39 is 46.2 Å². The number of benzene rings is 2. The second-order valence-corrected chi connectivity index (χ2v) is 7.58. The van der Waals surface area contributed by atoms with Gasteiger partial charge >= 0.3 is 12.4 Å². The number of hydrogen-bond donors (Lipinski definition) is 1. The number of amides is 1. The maximum atomic E-state index is 14.3. The molecule has 0 saturated heterocycles. The molecule has 0 aliphatic heterocycles. The fraction of sp³-hybridized carbons (Fsp3) is 0.273. The van der Waals surface area contributed by atoms with Crippen molar-refractivity contribution in [2.45, 2.75) is 37.0 Å². The van der Waals surface area contributed by atoms with E-state index in [1.54, 1.807) is 0 Å². The fourth-order valence-electron chi connectivity index (χ4n) is 3.46. The van der Waals surface area contributed by atoms with Gasteiger partial charge in [-0.25, -0.2) is 4.39 Å². The standard InChI is InChI=1S/C22H15F7N2O/c1-12(19(32)31-15-4-2-13(11-30)16(9-15)22(27,28)29)10-20(6-7-20)17-8-14(21(24,25)26)3-5-18(17)23/h2-5,8-9H,1,6-7,10H2,(H,31,32). The SMILES string of the molecule is C=C(CC1(c2cc(C(F)(F)F)ccc2F)CC1)C(=O)Nc1ccc(C#N)c(C(F)(F)F)c1. The summed E-state index contributed by atoms with van der Waals surface area (Å²) in [6, 6.07) is 6.09. The molecule has 0 aromatic heterocycles. The molecule has 0 bridgehead atoms. The Morgan fingerprint density at radius 1 is 1.06 bits per heavy atom. The Balaban J connectivity index is 1.79. The molecule has 32 heavy (non-hydrogen) atoms. The highest BCUT2D eigenvalue weighted by molar-refractivity contribution is 6.03. The van der Waals surface area contributed by atoms with Gasteiger partial charge < -0.3 is 5.32 Å². The zero-order valence-electron chi connectivity index (χ0n) is 16.3. The van der Waals surface area contributed by atoms with Crippen LogP contribution < -0.4 is 5.32 Å². The molecule has 0 unspecified atom stereocenters. The molecule has 2 aromatic carbocycles. The number of halogens is 7. The Kier molecular flexibility index (Phi) is 5.80. The highest BCUT2D eigenvalue weighted by Gasteiger charge is 2.48. The highest BCUT2D eigenvalue weighted by atomic mass is 19.4. The van der Waals surface area contributed by atoms with Crippen LogP contribution in [0.15, 0.2) is 48.6 Å². The molecule has 0 atom stereocenters. The topological polar surface area (TPSA) is 52.9 Å². The maximum absolute atomic E-state index is 14.3. The summed E-state index contributed by atoms with van der Waals surface area (Å²) in [5, 5.41) is 11.1. The Morgan fingerprint density at radius 2 is 1.72 bits per heavy atom. The number of anilines is 1. The van der Waals surface area contributed by atoms with Crippen LogP contribution in [0, 0.1) is 17.1 Å². The first-order valence-corrected chi connectivity index (χ1v) is 9.24. The lowest BCUT2D eigenvalue weighted by atomic mass is 9.87. The first-order chi connectivity index (χ1) is 14.8. The smallest absolute Gasteiger partial charge is 0.322 e. The summed E-state index contributed by atoms with van der Waals surface area (Å²) < 4.78 is 92.6. The molecule has 0 heterocycles. The van der Waals surface area contributed by atoms with Crippen molar-refractivity contribution in [1.82, 2.24) is 0 Å². The number of alkyl halides is 6. The van der Waals surface area contributed by atoms with Gasteiger partial charge in [-0.1, -0.05) is 6.58 Å². The minimum Gasteiger partial charge on any atom is -0.322 e. The number of carbonyl (C=O) groups is 1. The van der Waals surface area contributed by atoms with Gasteiger partial charge in [-0.05, 0) is 61.2 Å². The van der Waals surface area contributed by atoms with E-state index in [1.807, 2.05) is 0 Å². The van der Waals surface area contributed by atoms with Crippen LogP contribution in [0.3, 0.4) is 0 Å². The zero-order valence-corrected chi connectivity index (χ0v) is 16.3. The minimum atomic E-state index is -4.82. The number of nitrogens with zero attached hydrogens (tertiary/aromatic N) is 1. The normalized spacial score (nSPS) is 15.1. The van der Waals surface area contributed by atoms with E-state index >= 15 is 0 Å². The van der Waals surface area contributed by atoms with E-state index in [1.165, 1.54) is 6.07 Å². The van der Waals surface area contributed by atoms with Crippen LogP contribution in [0.5, 0.6) is 0 Å². The van der Waals surface area contributed by atoms with E-state index in [9.17, 15) is 35.5 Å². The molecule has 168 valence electrons. The van der Waals surface area contributed by atoms with Gasteiger partial charge in [-0.15, -0.1) is 0 Å². The third-order valence-corrected chi connectivity index (χ3v) is 5.29. The number of rotatable bonds is 5. The Labute approximate surface area is 178 Å². The van der Waals surface area contributed by atoms with E-state index in [0.717, 1.165) is 18.2 Å². The summed E-state index contributed by atoms with van der Waals surface area (Å²) in [5.74, 6) is -1.70. The molecular weight excluding hydrogens is 441 g/mol. The van der Waals surface area contributed by atoms with Gasteiger partial charge in [-0.3, -0.25) is 4.79 Å². The van der Waals surface area contributed by atoms with Gasteiger partial charge in [0.25, 0.3) is 5.91 Å². The van der Waals surface area contributed by atoms with Gasteiger partial charge in [0.1, 0.15) is 5.82 Å². The molecule has 0 radical (unpaired) electrons. The highest BCUT2D eigenvalue weighted by Crippen LogP contribution is 2.54. The van der Waals surface area contributed by atoms with Crippen molar-refractivity contribution in [2.75, 3.05) is 5.32 Å². The molecule has 3 nitrogen and oxygen atoms in total. The van der Waals surface area contributed by atoms with Crippen LogP contribution in [0.4, 0.5) is 36.4 Å². The van der Waals surface area contributed by atoms with Crippen LogP contribution in [0.1, 0.15) is 41.5 Å². The van der Waals surface area contributed by atoms with Crippen molar-refractivity contribution < 1.29 is 35.5 Å². The van der Waals surface area contributed by atoms with Crippen LogP contribution in [0.2, 0.25) is 0 Å². The number of nitriles is 1. The van der Waals surface area contributed by atoms with Crippen LogP contribution in [-0.2, 0) is 22.6 Å². The molecule has 3 rings (SSSR count). The van der Waals surface area contributed by atoms with E-state index in [0.29, 0.717) is 31.0 Å². The van der Waals surface area contributed by atoms with Crippen molar-refractivity contribution in [2.24, 2.45) is 0 Å². The van der Waals surface area contributed by atoms with Gasteiger partial charge in [0, 0.05) is 16.7 Å². The number of hydrogen-bond acceptors (Lipinski definition) is 2. The molecule has 1 amide bonds. The van der Waals surface area contributed by atoms with E-state index in [2.05, 4.69) is 11.9 Å². The zero-order chi connectivity index (χ0) is 23.9. The average Bonchev–Trinajstić information content (AvgIpc) is 3.46. The molecule has 1 aliphatic rings. The largest absolute Gasteiger partial charge is 0.417 e. The van der Waals surface area contributed by atoms with Crippen molar-refractivity contribution in [1.29, 1.82) is 5.26 Å². The minimum absolute atomic E-state index is 0.128. The predicted octanol–water partition coefficient (Wildman–Crippen LogP) is 6.35. The molecule has 0 spiro atoms. The Morgan fingerprint density at radius 3 is 2.25 bits per heavy atom. The van der Waals surface area contributed by atoms with Gasteiger partial charge in [0.05, 0.1) is 22.8 Å². The lowest BCUT2D eigenvalue weighted by molar-refractivity contribution is -0.138. The fourth-order valence-corrected chi connectivity index (χ4v) is 3.46. The summed E-state index contributed by atoms with van der Waals surface area (Å²) in [6.07, 6.45) is -9.00. The third-order valence-electron chi connectivity index (χ3n) is 5.29. The average molecular weight is 456 g/mol. The molecule has 1 aliphatic carbocycles. The van der Waals surface area contributed by atoms with Crippen molar-refractivity contribution >= 4 is 11.6 Å². The summed E-state index contributed by atoms with van der Waals surface area (Å²) in [4.78, 5) is 12.4. The van der Waals surface area contributed by atoms with Gasteiger partial charge in [0.2, 0.25) is 0 Å². The summed E-state index contributed by atoms with van der Waals surface area (Å²) >= 11 is 0. The molecule has 10 heteroatoms. The summed E-state index contributed by atoms with van der Waals surface area (Å²) in [6.45, 7) is 3.58. The predicted molar refractivity (Wildman–Crippen MR) is 101 cm³/mol. The molecule has 1 saturated carbocycles. The lowest BCUT2D eigenvalue weighted by Gasteiger charge is -2.20. The molecule has 1 N–H and O–H groups in total. The molecular formula is C22H15F7N2O. The van der Waals surface area contributed by atoms with E-state index in [4.69, 9.17) is 5.26 Å². The Bertz CT molecular complexity index is 1120. The summed E-state index contributed by atoms with van der Waals surface area (Å²) in [5.41, 5.74) is -4.46. The van der Waals surface area contributed by atoms with Crippen molar-refractivity contribution in [3.8, 4) is 6.07 Å². The maximum Gasteiger partial charge on any atom is 0.417 e. The lowest BCUT2D eigenvalue weighted by Crippen LogP contribution is -2.20. The second kappa shape index (κ2) is 7.97. The first kappa shape index (κ1) is 23.3. The van der Waals surface area contributed by atoms with Crippen molar-refractivity contribution in [3.63, 3.8) is 0 Å². The monoisotopic (exact) mass is 456 g/mol. The second-order valence-electron chi connectivity index (χ2n) is 7.58. The van der Waals surface area contributed by atoms with E-state index in [-0.39, 0.29) is 23.2 Å². The number of carbonyl (C=O) groups excluding carboxylic acids is 1. The first-order valence-electron chi connectivity index (χ1n) is 9.24. The molecule has 2 aromatic rings. The summed E-state index contributed by atoms with van der Waals surface area (Å²) in [7, 11) is 0. The van der Waals surface area contributed by atoms with Crippen LogP contribution in [-0.4, -0.2) is 5.91 Å². The number of nitrogens with one attached hydrogen (secondary N) is 1. The quantitative estimate of drug-likeness (QED) is 0.421. The van der Waals surface area contributed by atoms with Crippen LogP contribution >= 0.6 is 0 Å². The Hall–Kier alpha value is -3.35. The van der Waals surface area contributed by atoms with Gasteiger partial charge in [-0.2, -0.15) is 31.6 Å². The van der Waals surface area contributed by atoms with Crippen molar-refractivity contribution in [3.05, 3.63) is 76.6 Å². The third kappa shape index (κ3) is 4.77. The van der Waals surface area contributed by atoms with Gasteiger partial charge in [0.15, 0.2) is 0 Å². The molecule has 1 fully saturated rings. The van der Waals surface area contributed by atoms with Crippen LogP contribution in [0.25, 0.3) is 0 Å².